The van der Waals surface area contributed by atoms with Crippen LogP contribution in [0.25, 0.3) is 33.4 Å². The molecule has 0 spiro atoms. The van der Waals surface area contributed by atoms with Crippen molar-refractivity contribution < 1.29 is 23.1 Å². The summed E-state index contributed by atoms with van der Waals surface area (Å²) in [5.74, 6) is -0.741. The molecule has 44 heavy (non-hydrogen) atoms. The lowest BCUT2D eigenvalue weighted by molar-refractivity contribution is 0.0909. The molecule has 4 rings (SSSR count). The Balaban J connectivity index is 1.98. The van der Waals surface area contributed by atoms with Crippen molar-refractivity contribution in [3.63, 3.8) is 0 Å². The van der Waals surface area contributed by atoms with Crippen LogP contribution in [0.5, 0.6) is 5.75 Å². The predicted molar refractivity (Wildman–Crippen MR) is 167 cm³/mol. The number of benzene rings is 3. The average Bonchev–Trinajstić information content (AvgIpc) is 3.42. The van der Waals surface area contributed by atoms with E-state index in [1.54, 1.807) is 30.3 Å². The molecule has 226 valence electrons. The van der Waals surface area contributed by atoms with Crippen molar-refractivity contribution in [2.24, 2.45) is 0 Å². The van der Waals surface area contributed by atoms with E-state index in [0.717, 1.165) is 0 Å². The largest absolute Gasteiger partial charge is 0.496 e. The smallest absolute Gasteiger partial charge is 0.256 e. The lowest BCUT2D eigenvalue weighted by atomic mass is 9.91. The van der Waals surface area contributed by atoms with E-state index in [1.807, 2.05) is 20.8 Å². The lowest BCUT2D eigenvalue weighted by Gasteiger charge is -2.26. The number of amides is 2. The molecule has 4 aromatic rings. The third kappa shape index (κ3) is 5.93. The molecule has 0 aliphatic carbocycles. The zero-order valence-corrected chi connectivity index (χ0v) is 25.4. The number of furan rings is 1. The molecule has 0 saturated carbocycles. The number of hydrogen-bond donors (Lipinski definition) is 2. The summed E-state index contributed by atoms with van der Waals surface area (Å²) in [6.45, 7) is 5.97. The van der Waals surface area contributed by atoms with Crippen LogP contribution in [0.2, 0.25) is 0 Å². The van der Waals surface area contributed by atoms with Crippen LogP contribution in [-0.2, 0) is 0 Å². The van der Waals surface area contributed by atoms with Gasteiger partial charge in [0, 0.05) is 36.2 Å². The van der Waals surface area contributed by atoms with Gasteiger partial charge in [0.1, 0.15) is 28.4 Å². The van der Waals surface area contributed by atoms with Crippen molar-refractivity contribution in [1.82, 2.24) is 10.6 Å². The van der Waals surface area contributed by atoms with E-state index >= 15 is 0 Å². The number of fused-ring (bicyclic) bond motifs is 1. The van der Waals surface area contributed by atoms with Crippen molar-refractivity contribution in [2.45, 2.75) is 45.6 Å². The number of carbonyl (C=O) groups excluding carboxylic acids is 2. The third-order valence-corrected chi connectivity index (χ3v) is 7.70. The summed E-state index contributed by atoms with van der Waals surface area (Å²) in [7, 11) is 2.96. The second kappa shape index (κ2) is 13.3. The van der Waals surface area contributed by atoms with Gasteiger partial charge in [0.15, 0.2) is 6.19 Å². The van der Waals surface area contributed by atoms with Gasteiger partial charge in [0.25, 0.3) is 11.8 Å². The molecule has 1 atom stereocenters. The van der Waals surface area contributed by atoms with Crippen LogP contribution < -0.4 is 20.3 Å². The Morgan fingerprint density at radius 1 is 1.02 bits per heavy atom. The van der Waals surface area contributed by atoms with Crippen LogP contribution in [0.4, 0.5) is 10.1 Å². The summed E-state index contributed by atoms with van der Waals surface area (Å²) in [5.41, 5.74) is 1.90. The zero-order valence-electron chi connectivity index (χ0n) is 25.4. The minimum absolute atomic E-state index is 0.214. The van der Waals surface area contributed by atoms with Gasteiger partial charge >= 0.3 is 0 Å². The molecule has 0 radical (unpaired) electrons. The van der Waals surface area contributed by atoms with Crippen LogP contribution in [-0.4, -0.2) is 38.1 Å². The Morgan fingerprint density at radius 3 is 2.30 bits per heavy atom. The minimum atomic E-state index is -1.04. The maximum absolute atomic E-state index is 13.7. The maximum atomic E-state index is 13.7. The fourth-order valence-corrected chi connectivity index (χ4v) is 5.29. The molecule has 10 heteroatoms. The number of halogens is 1. The van der Waals surface area contributed by atoms with E-state index in [-0.39, 0.29) is 16.9 Å². The number of carbonyl (C=O) groups is 2. The third-order valence-electron chi connectivity index (χ3n) is 7.70. The Morgan fingerprint density at radius 2 is 1.73 bits per heavy atom. The molecule has 1 aromatic heterocycles. The maximum Gasteiger partial charge on any atom is 0.256 e. The number of anilines is 1. The molecule has 1 heterocycles. The van der Waals surface area contributed by atoms with Gasteiger partial charge in [-0.1, -0.05) is 26.3 Å². The Bertz CT molecular complexity index is 1780. The van der Waals surface area contributed by atoms with Crippen molar-refractivity contribution in [3.8, 4) is 40.5 Å². The van der Waals surface area contributed by atoms with Crippen LogP contribution >= 0.6 is 0 Å². The minimum Gasteiger partial charge on any atom is -0.496 e. The van der Waals surface area contributed by atoms with Gasteiger partial charge in [-0.2, -0.15) is 10.5 Å². The highest BCUT2D eigenvalue weighted by Gasteiger charge is 2.31. The standard InChI is InChI=1S/C34H34FN5O4/c1-6-15-34(7-2,19-36)39-32(41)26-16-22(11-14-28(26)43-5)24-17-25-29(18-27(24)40(8-3)20-37)44-31(30(25)33(42)38-4)21-9-12-23(35)13-10-21/h9-14,16-18H,6-8,15H2,1-5H3,(H,38,42)(H,39,41). The topological polar surface area (TPSA) is 131 Å². The first-order valence-corrected chi connectivity index (χ1v) is 14.4. The van der Waals surface area contributed by atoms with Crippen LogP contribution in [0.1, 0.15) is 60.7 Å². The molecule has 1 unspecified atom stereocenters. The number of methoxy groups -OCH3 is 1. The summed E-state index contributed by atoms with van der Waals surface area (Å²) in [6, 6.07) is 16.4. The highest BCUT2D eigenvalue weighted by Crippen LogP contribution is 2.42. The van der Waals surface area contributed by atoms with Gasteiger partial charge < -0.3 is 19.8 Å². The second-order valence-corrected chi connectivity index (χ2v) is 10.3. The van der Waals surface area contributed by atoms with Crippen LogP contribution in [0.15, 0.2) is 59.0 Å². The van der Waals surface area contributed by atoms with E-state index < -0.39 is 23.2 Å². The summed E-state index contributed by atoms with van der Waals surface area (Å²) in [6.07, 6.45) is 3.81. The van der Waals surface area contributed by atoms with Crippen molar-refractivity contribution in [2.75, 3.05) is 25.6 Å². The first kappa shape index (κ1) is 31.6. The molecule has 0 aliphatic heterocycles. The quantitative estimate of drug-likeness (QED) is 0.144. The van der Waals surface area contributed by atoms with Crippen LogP contribution in [0, 0.1) is 28.6 Å². The molecular formula is C34H34FN5O4. The van der Waals surface area contributed by atoms with Crippen molar-refractivity contribution in [3.05, 3.63) is 71.5 Å². The monoisotopic (exact) mass is 595 g/mol. The number of hydrogen-bond acceptors (Lipinski definition) is 7. The molecule has 0 saturated heterocycles. The molecule has 3 aromatic carbocycles. The van der Waals surface area contributed by atoms with Gasteiger partial charge in [0.2, 0.25) is 0 Å². The second-order valence-electron chi connectivity index (χ2n) is 10.3. The van der Waals surface area contributed by atoms with Crippen LogP contribution in [0.3, 0.4) is 0 Å². The molecule has 2 N–H and O–H groups in total. The number of nitrogens with zero attached hydrogens (tertiary/aromatic N) is 3. The van der Waals surface area contributed by atoms with E-state index in [1.165, 1.54) is 43.3 Å². The van der Waals surface area contributed by atoms with Crippen molar-refractivity contribution in [1.29, 1.82) is 10.5 Å². The molecular weight excluding hydrogens is 561 g/mol. The van der Waals surface area contributed by atoms with Gasteiger partial charge in [-0.3, -0.25) is 14.5 Å². The molecule has 9 nitrogen and oxygen atoms in total. The van der Waals surface area contributed by atoms with E-state index in [4.69, 9.17) is 9.15 Å². The summed E-state index contributed by atoms with van der Waals surface area (Å²) >= 11 is 0. The molecule has 2 amide bonds. The molecule has 0 fully saturated rings. The van der Waals surface area contributed by atoms with Gasteiger partial charge in [0.05, 0.1) is 30.0 Å². The fourth-order valence-electron chi connectivity index (χ4n) is 5.29. The lowest BCUT2D eigenvalue weighted by Crippen LogP contribution is -2.46. The summed E-state index contributed by atoms with van der Waals surface area (Å²) in [5, 5.41) is 25.9. The number of nitrogens with one attached hydrogen (secondary N) is 2. The Hall–Kier alpha value is -5.35. The number of ether oxygens (including phenoxy) is 1. The predicted octanol–water partition coefficient (Wildman–Crippen LogP) is 6.78. The number of rotatable bonds is 11. The first-order chi connectivity index (χ1) is 21.2. The SMILES string of the molecule is CCCC(C#N)(CC)NC(=O)c1cc(-c2cc3c(C(=O)NC)c(-c4ccc(F)cc4)oc3cc2N(C#N)CC)ccc1OC. The Labute approximate surface area is 255 Å². The average molecular weight is 596 g/mol. The van der Waals surface area contributed by atoms with E-state index in [0.29, 0.717) is 64.9 Å². The first-order valence-electron chi connectivity index (χ1n) is 14.4. The van der Waals surface area contributed by atoms with E-state index in [9.17, 15) is 24.5 Å². The number of nitriles is 2. The molecule has 0 bridgehead atoms. The zero-order chi connectivity index (χ0) is 32.0. The summed E-state index contributed by atoms with van der Waals surface area (Å²) in [4.78, 5) is 28.3. The fraction of sp³-hybridized carbons (Fsp3) is 0.294. The highest BCUT2D eigenvalue weighted by atomic mass is 19.1. The van der Waals surface area contributed by atoms with Gasteiger partial charge in [-0.15, -0.1) is 0 Å². The molecule has 0 aliphatic rings. The Kier molecular flexibility index (Phi) is 9.55. The van der Waals surface area contributed by atoms with Gasteiger partial charge in [-0.25, -0.2) is 4.39 Å². The highest BCUT2D eigenvalue weighted by molar-refractivity contribution is 6.13. The van der Waals surface area contributed by atoms with Gasteiger partial charge in [-0.05, 0) is 67.8 Å². The normalized spacial score (nSPS) is 12.1. The van der Waals surface area contributed by atoms with Crippen molar-refractivity contribution >= 4 is 28.5 Å². The van der Waals surface area contributed by atoms with E-state index in [2.05, 4.69) is 22.9 Å². The summed E-state index contributed by atoms with van der Waals surface area (Å²) < 4.78 is 25.4.